The molecule has 0 radical (unpaired) electrons. The third-order valence-electron chi connectivity index (χ3n) is 2.94. The molecule has 2 unspecified atom stereocenters. The minimum atomic E-state index is -1.02. The number of hydrogen-bond acceptors (Lipinski definition) is 3. The summed E-state index contributed by atoms with van der Waals surface area (Å²) >= 11 is 0. The Labute approximate surface area is 112 Å². The average molecular weight is 265 g/mol. The second kappa shape index (κ2) is 6.78. The van der Waals surface area contributed by atoms with Crippen molar-refractivity contribution in [1.29, 1.82) is 0 Å². The summed E-state index contributed by atoms with van der Waals surface area (Å²) < 4.78 is 5.27. The summed E-state index contributed by atoms with van der Waals surface area (Å²) in [6.45, 7) is 5.48. The molecule has 0 saturated carbocycles. The number of rotatable bonds is 6. The molecule has 0 bridgehead atoms. The molecule has 1 aromatic rings. The second-order valence-corrected chi connectivity index (χ2v) is 4.49. The average Bonchev–Trinajstić information content (AvgIpc) is 2.78. The van der Waals surface area contributed by atoms with Crippen molar-refractivity contribution in [2.75, 3.05) is 0 Å². The number of amides is 1. The number of hydrogen-bond donors (Lipinski definition) is 2. The van der Waals surface area contributed by atoms with Crippen molar-refractivity contribution in [3.05, 3.63) is 29.7 Å². The van der Waals surface area contributed by atoms with Crippen molar-refractivity contribution in [2.24, 2.45) is 5.92 Å². The van der Waals surface area contributed by atoms with Crippen LogP contribution in [0.25, 0.3) is 6.08 Å². The van der Waals surface area contributed by atoms with E-state index in [4.69, 9.17) is 9.52 Å². The van der Waals surface area contributed by atoms with Gasteiger partial charge in [-0.1, -0.05) is 20.3 Å². The summed E-state index contributed by atoms with van der Waals surface area (Å²) in [6, 6.07) is 2.65. The highest BCUT2D eigenvalue weighted by atomic mass is 16.4. The van der Waals surface area contributed by atoms with Crippen LogP contribution in [-0.2, 0) is 9.59 Å². The molecule has 1 rings (SSSR count). The molecular weight excluding hydrogens is 246 g/mol. The van der Waals surface area contributed by atoms with Crippen LogP contribution in [0, 0.1) is 12.8 Å². The predicted molar refractivity (Wildman–Crippen MR) is 71.5 cm³/mol. The van der Waals surface area contributed by atoms with E-state index in [0.717, 1.165) is 5.76 Å². The molecule has 104 valence electrons. The van der Waals surface area contributed by atoms with Crippen LogP contribution in [0.4, 0.5) is 0 Å². The minimum absolute atomic E-state index is 0.124. The van der Waals surface area contributed by atoms with Gasteiger partial charge in [-0.05, 0) is 31.1 Å². The van der Waals surface area contributed by atoms with Gasteiger partial charge in [-0.15, -0.1) is 0 Å². The van der Waals surface area contributed by atoms with Crippen LogP contribution in [0.5, 0.6) is 0 Å². The first-order chi connectivity index (χ1) is 8.93. The largest absolute Gasteiger partial charge is 0.480 e. The number of nitrogens with one attached hydrogen (secondary N) is 1. The van der Waals surface area contributed by atoms with Crippen LogP contribution in [0.15, 0.2) is 22.6 Å². The van der Waals surface area contributed by atoms with Gasteiger partial charge in [0.1, 0.15) is 17.6 Å². The normalized spacial score (nSPS) is 14.3. The van der Waals surface area contributed by atoms with Gasteiger partial charge >= 0.3 is 5.97 Å². The molecule has 19 heavy (non-hydrogen) atoms. The summed E-state index contributed by atoms with van der Waals surface area (Å²) in [6.07, 6.45) is 3.47. The van der Waals surface area contributed by atoms with E-state index >= 15 is 0 Å². The summed E-state index contributed by atoms with van der Waals surface area (Å²) in [5.41, 5.74) is 0. The van der Waals surface area contributed by atoms with Gasteiger partial charge in [0.25, 0.3) is 0 Å². The number of aliphatic carboxylic acids is 1. The number of carbonyl (C=O) groups is 2. The molecule has 0 aliphatic rings. The van der Waals surface area contributed by atoms with E-state index in [0.29, 0.717) is 12.2 Å². The summed E-state index contributed by atoms with van der Waals surface area (Å²) in [7, 11) is 0. The lowest BCUT2D eigenvalue weighted by Crippen LogP contribution is -2.44. The zero-order chi connectivity index (χ0) is 14.4. The van der Waals surface area contributed by atoms with Crippen molar-refractivity contribution >= 4 is 18.0 Å². The van der Waals surface area contributed by atoms with E-state index < -0.39 is 17.9 Å². The second-order valence-electron chi connectivity index (χ2n) is 4.49. The van der Waals surface area contributed by atoms with E-state index in [9.17, 15) is 9.59 Å². The Morgan fingerprint density at radius 1 is 1.47 bits per heavy atom. The van der Waals surface area contributed by atoms with E-state index in [-0.39, 0.29) is 5.92 Å². The zero-order valence-corrected chi connectivity index (χ0v) is 11.3. The fourth-order valence-corrected chi connectivity index (χ4v) is 1.59. The SMILES string of the molecule is CCC(C)C(NC(=O)/C=C/c1ccc(C)o1)C(=O)O. The maximum atomic E-state index is 11.7. The van der Waals surface area contributed by atoms with Crippen molar-refractivity contribution in [3.63, 3.8) is 0 Å². The number of carboxylic acid groups (broad SMARTS) is 1. The van der Waals surface area contributed by atoms with E-state index in [1.807, 2.05) is 6.92 Å². The third-order valence-corrected chi connectivity index (χ3v) is 2.94. The first kappa shape index (κ1) is 15.0. The van der Waals surface area contributed by atoms with Crippen molar-refractivity contribution in [3.8, 4) is 0 Å². The van der Waals surface area contributed by atoms with E-state index in [1.54, 1.807) is 26.0 Å². The molecule has 0 aromatic carbocycles. The van der Waals surface area contributed by atoms with E-state index in [2.05, 4.69) is 5.32 Å². The van der Waals surface area contributed by atoms with Gasteiger partial charge in [0.05, 0.1) is 0 Å². The Bertz CT molecular complexity index is 476. The standard InChI is InChI=1S/C14H19NO4/c1-4-9(2)13(14(17)18)15-12(16)8-7-11-6-5-10(3)19-11/h5-9,13H,4H2,1-3H3,(H,15,16)(H,17,18)/b8-7+. The van der Waals surface area contributed by atoms with Crippen LogP contribution < -0.4 is 5.32 Å². The summed E-state index contributed by atoms with van der Waals surface area (Å²) in [5, 5.41) is 11.5. The molecule has 5 nitrogen and oxygen atoms in total. The van der Waals surface area contributed by atoms with Crippen LogP contribution in [0.2, 0.25) is 0 Å². The molecule has 2 N–H and O–H groups in total. The molecule has 2 atom stereocenters. The first-order valence-corrected chi connectivity index (χ1v) is 6.21. The Kier molecular flexibility index (Phi) is 5.36. The van der Waals surface area contributed by atoms with Gasteiger partial charge in [-0.2, -0.15) is 0 Å². The fraction of sp³-hybridized carbons (Fsp3) is 0.429. The molecule has 1 amide bonds. The predicted octanol–water partition coefficient (Wildman–Crippen LogP) is 2.22. The third kappa shape index (κ3) is 4.62. The molecule has 1 heterocycles. The zero-order valence-electron chi connectivity index (χ0n) is 11.3. The fourth-order valence-electron chi connectivity index (χ4n) is 1.59. The Morgan fingerprint density at radius 2 is 2.16 bits per heavy atom. The highest BCUT2D eigenvalue weighted by molar-refractivity contribution is 5.94. The Morgan fingerprint density at radius 3 is 2.63 bits per heavy atom. The van der Waals surface area contributed by atoms with Gasteiger partial charge in [0.2, 0.25) is 5.91 Å². The number of aryl methyl sites for hydroxylation is 1. The van der Waals surface area contributed by atoms with Gasteiger partial charge in [-0.25, -0.2) is 4.79 Å². The summed E-state index contributed by atoms with van der Waals surface area (Å²) in [4.78, 5) is 22.7. The molecule has 0 aliphatic heterocycles. The lowest BCUT2D eigenvalue weighted by Gasteiger charge is -2.19. The van der Waals surface area contributed by atoms with Gasteiger partial charge in [0, 0.05) is 6.08 Å². The molecule has 0 saturated heterocycles. The Balaban J connectivity index is 2.62. The molecule has 0 spiro atoms. The lowest BCUT2D eigenvalue weighted by molar-refractivity contribution is -0.142. The Hall–Kier alpha value is -2.04. The smallest absolute Gasteiger partial charge is 0.326 e. The van der Waals surface area contributed by atoms with Crippen LogP contribution in [0.3, 0.4) is 0 Å². The van der Waals surface area contributed by atoms with Crippen molar-refractivity contribution < 1.29 is 19.1 Å². The molecule has 5 heteroatoms. The molecular formula is C14H19NO4. The number of carboxylic acids is 1. The highest BCUT2D eigenvalue weighted by Gasteiger charge is 2.24. The highest BCUT2D eigenvalue weighted by Crippen LogP contribution is 2.09. The van der Waals surface area contributed by atoms with Crippen LogP contribution >= 0.6 is 0 Å². The quantitative estimate of drug-likeness (QED) is 0.773. The maximum Gasteiger partial charge on any atom is 0.326 e. The molecule has 1 aromatic heterocycles. The van der Waals surface area contributed by atoms with Crippen molar-refractivity contribution in [1.82, 2.24) is 5.32 Å². The van der Waals surface area contributed by atoms with Crippen LogP contribution in [0.1, 0.15) is 31.8 Å². The van der Waals surface area contributed by atoms with Gasteiger partial charge in [-0.3, -0.25) is 4.79 Å². The number of carbonyl (C=O) groups excluding carboxylic acids is 1. The summed E-state index contributed by atoms with van der Waals surface area (Å²) in [5.74, 6) is -0.279. The molecule has 0 aliphatic carbocycles. The molecule has 0 fully saturated rings. The lowest BCUT2D eigenvalue weighted by atomic mass is 9.99. The maximum absolute atomic E-state index is 11.7. The van der Waals surface area contributed by atoms with Crippen molar-refractivity contribution in [2.45, 2.75) is 33.2 Å². The van der Waals surface area contributed by atoms with Gasteiger partial charge < -0.3 is 14.8 Å². The number of furan rings is 1. The van der Waals surface area contributed by atoms with E-state index in [1.165, 1.54) is 12.2 Å². The minimum Gasteiger partial charge on any atom is -0.480 e. The van der Waals surface area contributed by atoms with Crippen LogP contribution in [-0.4, -0.2) is 23.0 Å². The monoisotopic (exact) mass is 265 g/mol. The first-order valence-electron chi connectivity index (χ1n) is 6.21. The topological polar surface area (TPSA) is 79.5 Å². The van der Waals surface area contributed by atoms with Gasteiger partial charge in [0.15, 0.2) is 0 Å².